The van der Waals surface area contributed by atoms with Crippen molar-refractivity contribution >= 4 is 10.9 Å². The number of pyridine rings is 1. The molecule has 2 N–H and O–H groups in total. The van der Waals surface area contributed by atoms with E-state index < -0.39 is 0 Å². The molecule has 0 saturated carbocycles. The topological polar surface area (TPSA) is 38.9 Å². The number of rotatable bonds is 1. The highest BCUT2D eigenvalue weighted by Crippen LogP contribution is 2.37. The van der Waals surface area contributed by atoms with Crippen molar-refractivity contribution in [1.82, 2.24) is 4.98 Å². The number of nitrogens with zero attached hydrogens (tertiary/aromatic N) is 1. The smallest absolute Gasteiger partial charge is 0.0708 e. The van der Waals surface area contributed by atoms with Crippen molar-refractivity contribution in [3.8, 4) is 11.1 Å². The van der Waals surface area contributed by atoms with E-state index in [0.29, 0.717) is 0 Å². The molecular formula is C18H16N2. The number of hydrogen-bond donors (Lipinski definition) is 1. The van der Waals surface area contributed by atoms with Gasteiger partial charge in [0.15, 0.2) is 0 Å². The summed E-state index contributed by atoms with van der Waals surface area (Å²) in [5.41, 5.74) is 12.5. The SMILES string of the molecule is NC1CCc2c(-c3ccc4cccnc4c3)cccc21. The summed E-state index contributed by atoms with van der Waals surface area (Å²) in [6.07, 6.45) is 3.97. The second kappa shape index (κ2) is 4.43. The maximum absolute atomic E-state index is 6.17. The number of aromatic nitrogens is 1. The molecule has 4 rings (SSSR count). The summed E-state index contributed by atoms with van der Waals surface area (Å²) in [6, 6.07) is 17.2. The van der Waals surface area contributed by atoms with E-state index in [-0.39, 0.29) is 6.04 Å². The largest absolute Gasteiger partial charge is 0.324 e. The number of nitrogens with two attached hydrogens (primary N) is 1. The van der Waals surface area contributed by atoms with E-state index in [0.717, 1.165) is 18.4 Å². The maximum atomic E-state index is 6.17. The molecule has 1 aliphatic carbocycles. The highest BCUT2D eigenvalue weighted by Gasteiger charge is 2.21. The fourth-order valence-corrected chi connectivity index (χ4v) is 3.19. The average Bonchev–Trinajstić information content (AvgIpc) is 2.88. The highest BCUT2D eigenvalue weighted by molar-refractivity contribution is 5.85. The predicted octanol–water partition coefficient (Wildman–Crippen LogP) is 3.85. The van der Waals surface area contributed by atoms with Crippen LogP contribution in [0.1, 0.15) is 23.6 Å². The first kappa shape index (κ1) is 11.6. The summed E-state index contributed by atoms with van der Waals surface area (Å²) in [4.78, 5) is 4.45. The third kappa shape index (κ3) is 1.73. The molecule has 1 heterocycles. The minimum absolute atomic E-state index is 0.198. The van der Waals surface area contributed by atoms with Crippen LogP contribution in [0, 0.1) is 0 Å². The van der Waals surface area contributed by atoms with Crippen LogP contribution in [0.5, 0.6) is 0 Å². The van der Waals surface area contributed by atoms with Gasteiger partial charge in [0.25, 0.3) is 0 Å². The molecule has 0 aliphatic heterocycles. The van der Waals surface area contributed by atoms with Gasteiger partial charge in [-0.05, 0) is 47.2 Å². The van der Waals surface area contributed by atoms with Crippen LogP contribution in [-0.2, 0) is 6.42 Å². The lowest BCUT2D eigenvalue weighted by molar-refractivity contribution is 0.713. The second-order valence-corrected chi connectivity index (χ2v) is 5.43. The van der Waals surface area contributed by atoms with Gasteiger partial charge in [0.05, 0.1) is 5.52 Å². The van der Waals surface area contributed by atoms with Crippen LogP contribution >= 0.6 is 0 Å². The first-order chi connectivity index (χ1) is 9.83. The van der Waals surface area contributed by atoms with Gasteiger partial charge < -0.3 is 5.73 Å². The van der Waals surface area contributed by atoms with Crippen LogP contribution in [0.4, 0.5) is 0 Å². The first-order valence-corrected chi connectivity index (χ1v) is 7.05. The van der Waals surface area contributed by atoms with Crippen LogP contribution in [0.25, 0.3) is 22.0 Å². The van der Waals surface area contributed by atoms with E-state index in [1.54, 1.807) is 0 Å². The molecule has 0 spiro atoms. The third-order valence-electron chi connectivity index (χ3n) is 4.23. The third-order valence-corrected chi connectivity index (χ3v) is 4.23. The summed E-state index contributed by atoms with van der Waals surface area (Å²) in [7, 11) is 0. The Morgan fingerprint density at radius 1 is 1.05 bits per heavy atom. The van der Waals surface area contributed by atoms with Crippen LogP contribution < -0.4 is 5.73 Å². The van der Waals surface area contributed by atoms with Crippen LogP contribution in [0.3, 0.4) is 0 Å². The van der Waals surface area contributed by atoms with Gasteiger partial charge in [-0.1, -0.05) is 36.4 Å². The lowest BCUT2D eigenvalue weighted by Crippen LogP contribution is -2.04. The molecule has 20 heavy (non-hydrogen) atoms. The molecular weight excluding hydrogens is 244 g/mol. The zero-order valence-electron chi connectivity index (χ0n) is 11.2. The van der Waals surface area contributed by atoms with Gasteiger partial charge in [-0.15, -0.1) is 0 Å². The minimum Gasteiger partial charge on any atom is -0.324 e. The van der Waals surface area contributed by atoms with E-state index in [1.807, 2.05) is 12.3 Å². The number of fused-ring (bicyclic) bond motifs is 2. The van der Waals surface area contributed by atoms with Crippen molar-refractivity contribution < 1.29 is 0 Å². The molecule has 0 fully saturated rings. The van der Waals surface area contributed by atoms with Crippen molar-refractivity contribution in [3.05, 3.63) is 65.9 Å². The molecule has 3 aromatic rings. The summed E-state index contributed by atoms with van der Waals surface area (Å²) in [5.74, 6) is 0. The van der Waals surface area contributed by atoms with Crippen LogP contribution in [-0.4, -0.2) is 4.98 Å². The Labute approximate surface area is 118 Å². The number of hydrogen-bond acceptors (Lipinski definition) is 2. The Kier molecular flexibility index (Phi) is 2.57. The van der Waals surface area contributed by atoms with E-state index >= 15 is 0 Å². The number of benzene rings is 2. The van der Waals surface area contributed by atoms with E-state index in [9.17, 15) is 0 Å². The molecule has 2 heteroatoms. The molecule has 2 nitrogen and oxygen atoms in total. The van der Waals surface area contributed by atoms with Crippen molar-refractivity contribution in [2.45, 2.75) is 18.9 Å². The molecule has 1 atom stereocenters. The monoisotopic (exact) mass is 260 g/mol. The van der Waals surface area contributed by atoms with Crippen LogP contribution in [0.2, 0.25) is 0 Å². The molecule has 1 aromatic heterocycles. The molecule has 2 aromatic carbocycles. The minimum atomic E-state index is 0.198. The first-order valence-electron chi connectivity index (χ1n) is 7.05. The van der Waals surface area contributed by atoms with Crippen molar-refractivity contribution in [2.24, 2.45) is 5.73 Å². The predicted molar refractivity (Wildman–Crippen MR) is 82.4 cm³/mol. The Hall–Kier alpha value is -2.19. The molecule has 1 aliphatic rings. The van der Waals surface area contributed by atoms with Gasteiger partial charge >= 0.3 is 0 Å². The fourth-order valence-electron chi connectivity index (χ4n) is 3.19. The van der Waals surface area contributed by atoms with Crippen molar-refractivity contribution in [2.75, 3.05) is 0 Å². The molecule has 98 valence electrons. The van der Waals surface area contributed by atoms with Gasteiger partial charge in [-0.25, -0.2) is 0 Å². The zero-order chi connectivity index (χ0) is 13.5. The summed E-state index contributed by atoms with van der Waals surface area (Å²) < 4.78 is 0. The molecule has 0 saturated heterocycles. The Bertz CT molecular complexity index is 792. The average molecular weight is 260 g/mol. The molecule has 0 amide bonds. The highest BCUT2D eigenvalue weighted by atomic mass is 14.7. The summed E-state index contributed by atoms with van der Waals surface area (Å²) in [5, 5.41) is 1.18. The lowest BCUT2D eigenvalue weighted by Gasteiger charge is -2.10. The van der Waals surface area contributed by atoms with E-state index in [4.69, 9.17) is 5.73 Å². The molecule has 0 radical (unpaired) electrons. The van der Waals surface area contributed by atoms with Crippen molar-refractivity contribution in [3.63, 3.8) is 0 Å². The van der Waals surface area contributed by atoms with Crippen molar-refractivity contribution in [1.29, 1.82) is 0 Å². The normalized spacial score (nSPS) is 17.4. The Morgan fingerprint density at radius 2 is 2.00 bits per heavy atom. The van der Waals surface area contributed by atoms with Gasteiger partial charge in [-0.3, -0.25) is 4.98 Å². The Morgan fingerprint density at radius 3 is 2.95 bits per heavy atom. The summed E-state index contributed by atoms with van der Waals surface area (Å²) >= 11 is 0. The lowest BCUT2D eigenvalue weighted by atomic mass is 9.96. The van der Waals surface area contributed by atoms with Gasteiger partial charge in [0, 0.05) is 17.6 Å². The van der Waals surface area contributed by atoms with Crippen LogP contribution in [0.15, 0.2) is 54.7 Å². The summed E-state index contributed by atoms with van der Waals surface area (Å²) in [6.45, 7) is 0. The molecule has 1 unspecified atom stereocenters. The quantitative estimate of drug-likeness (QED) is 0.721. The van der Waals surface area contributed by atoms with Gasteiger partial charge in [-0.2, -0.15) is 0 Å². The Balaban J connectivity index is 1.92. The van der Waals surface area contributed by atoms with E-state index in [1.165, 1.54) is 27.6 Å². The van der Waals surface area contributed by atoms with Gasteiger partial charge in [0.2, 0.25) is 0 Å². The molecule has 0 bridgehead atoms. The second-order valence-electron chi connectivity index (χ2n) is 5.43. The zero-order valence-corrected chi connectivity index (χ0v) is 11.2. The van der Waals surface area contributed by atoms with Gasteiger partial charge in [0.1, 0.15) is 0 Å². The maximum Gasteiger partial charge on any atom is 0.0708 e. The fraction of sp³-hybridized carbons (Fsp3) is 0.167. The van der Waals surface area contributed by atoms with E-state index in [2.05, 4.69) is 47.4 Å². The standard InChI is InChI=1S/C18H16N2/c19-17-9-8-15-14(4-1-5-16(15)17)13-7-6-12-3-2-10-20-18(12)11-13/h1-7,10-11,17H,8-9,19H2.